The first-order chi connectivity index (χ1) is 7.44. The normalized spacial score (nSPS) is 23.4. The monoisotopic (exact) mass is 244 g/mol. The molecule has 1 amide bonds. The summed E-state index contributed by atoms with van der Waals surface area (Å²) >= 11 is 0. The van der Waals surface area contributed by atoms with Gasteiger partial charge in [0.05, 0.1) is 18.1 Å². The summed E-state index contributed by atoms with van der Waals surface area (Å²) < 4.78 is 22.7. The summed E-state index contributed by atoms with van der Waals surface area (Å²) in [5.74, 6) is 2.42. The smallest absolute Gasteiger partial charge is 0.224 e. The Morgan fingerprint density at radius 1 is 1.62 bits per heavy atom. The van der Waals surface area contributed by atoms with E-state index in [0.717, 1.165) is 0 Å². The molecule has 0 aromatic heterocycles. The van der Waals surface area contributed by atoms with Crippen LogP contribution in [0, 0.1) is 12.3 Å². The largest absolute Gasteiger partial charge is 0.335 e. The highest BCUT2D eigenvalue weighted by atomic mass is 32.2. The van der Waals surface area contributed by atoms with Crippen LogP contribution in [0.25, 0.3) is 0 Å². The van der Waals surface area contributed by atoms with Gasteiger partial charge in [0.2, 0.25) is 5.91 Å². The van der Waals surface area contributed by atoms with Gasteiger partial charge in [-0.3, -0.25) is 4.79 Å². The van der Waals surface area contributed by atoms with Gasteiger partial charge in [0.25, 0.3) is 0 Å². The molecule has 6 heteroatoms. The van der Waals surface area contributed by atoms with Crippen LogP contribution in [0.1, 0.15) is 6.42 Å². The Bertz CT molecular complexity index is 397. The maximum Gasteiger partial charge on any atom is 0.224 e. The quantitative estimate of drug-likeness (QED) is 0.637. The predicted octanol–water partition coefficient (Wildman–Crippen LogP) is -1.15. The summed E-state index contributed by atoms with van der Waals surface area (Å²) in [7, 11) is -1.38. The number of carbonyl (C=O) groups is 1. The Kier molecular flexibility index (Phi) is 4.33. The highest BCUT2D eigenvalue weighted by Gasteiger charge is 2.26. The summed E-state index contributed by atoms with van der Waals surface area (Å²) in [4.78, 5) is 13.0. The minimum Gasteiger partial charge on any atom is -0.335 e. The lowest BCUT2D eigenvalue weighted by atomic mass is 10.2. The third-order valence-electron chi connectivity index (χ3n) is 2.48. The van der Waals surface area contributed by atoms with Crippen LogP contribution in [0.4, 0.5) is 0 Å². The van der Waals surface area contributed by atoms with Crippen molar-refractivity contribution in [2.24, 2.45) is 0 Å². The van der Waals surface area contributed by atoms with E-state index in [9.17, 15) is 13.2 Å². The minimum atomic E-state index is -2.99. The molecular weight excluding hydrogens is 228 g/mol. The third kappa shape index (κ3) is 3.83. The molecule has 1 rings (SSSR count). The number of terminal acetylenes is 1. The second-order valence-electron chi connectivity index (χ2n) is 3.92. The summed E-state index contributed by atoms with van der Waals surface area (Å²) in [6.07, 6.45) is 5.27. The molecule has 16 heavy (non-hydrogen) atoms. The molecule has 90 valence electrons. The van der Waals surface area contributed by atoms with Crippen LogP contribution in [0.15, 0.2) is 0 Å². The van der Waals surface area contributed by atoms with Gasteiger partial charge in [0.15, 0.2) is 9.84 Å². The van der Waals surface area contributed by atoms with E-state index in [2.05, 4.69) is 11.2 Å². The molecule has 5 nitrogen and oxygen atoms in total. The number of carbonyl (C=O) groups excluding carboxylic acids is 1. The summed E-state index contributed by atoms with van der Waals surface area (Å²) in [5, 5.41) is 3.02. The zero-order chi connectivity index (χ0) is 12.2. The molecule has 0 aromatic carbocycles. The molecule has 1 heterocycles. The van der Waals surface area contributed by atoms with Gasteiger partial charge in [-0.25, -0.2) is 8.42 Å². The fraction of sp³-hybridized carbons (Fsp3) is 0.700. The molecule has 1 aliphatic rings. The lowest BCUT2D eigenvalue weighted by molar-refractivity contribution is -0.129. The lowest BCUT2D eigenvalue weighted by Gasteiger charge is -2.24. The van der Waals surface area contributed by atoms with Crippen molar-refractivity contribution in [3.8, 4) is 12.3 Å². The number of nitrogens with one attached hydrogen (secondary N) is 1. The van der Waals surface area contributed by atoms with Crippen molar-refractivity contribution in [3.05, 3.63) is 0 Å². The van der Waals surface area contributed by atoms with E-state index < -0.39 is 9.84 Å². The molecule has 1 aliphatic heterocycles. The Morgan fingerprint density at radius 2 is 2.31 bits per heavy atom. The molecule has 1 unspecified atom stereocenters. The number of hydrogen-bond acceptors (Lipinski definition) is 4. The van der Waals surface area contributed by atoms with E-state index in [0.29, 0.717) is 6.54 Å². The van der Waals surface area contributed by atoms with Crippen LogP contribution >= 0.6 is 0 Å². The molecular formula is C10H16N2O3S. The molecule has 0 radical (unpaired) electrons. The van der Waals surface area contributed by atoms with Crippen molar-refractivity contribution < 1.29 is 13.2 Å². The van der Waals surface area contributed by atoms with Gasteiger partial charge in [0.1, 0.15) is 0 Å². The van der Waals surface area contributed by atoms with Crippen molar-refractivity contribution in [3.63, 3.8) is 0 Å². The first-order valence-corrected chi connectivity index (χ1v) is 6.88. The number of hydrogen-bond donors (Lipinski definition) is 1. The van der Waals surface area contributed by atoms with Crippen LogP contribution < -0.4 is 5.32 Å². The molecule has 1 saturated heterocycles. The van der Waals surface area contributed by atoms with Crippen LogP contribution in [-0.2, 0) is 14.6 Å². The van der Waals surface area contributed by atoms with E-state index >= 15 is 0 Å². The maximum atomic E-state index is 11.6. The highest BCUT2D eigenvalue weighted by Crippen LogP contribution is 2.06. The van der Waals surface area contributed by atoms with Crippen LogP contribution in [0.5, 0.6) is 0 Å². The molecule has 0 aliphatic carbocycles. The first kappa shape index (κ1) is 13.0. The fourth-order valence-corrected chi connectivity index (χ4v) is 3.03. The van der Waals surface area contributed by atoms with Gasteiger partial charge in [-0.2, -0.15) is 0 Å². The van der Waals surface area contributed by atoms with Crippen molar-refractivity contribution >= 4 is 15.7 Å². The Labute approximate surface area is 96.1 Å². The van der Waals surface area contributed by atoms with Crippen LogP contribution in [0.2, 0.25) is 0 Å². The van der Waals surface area contributed by atoms with Gasteiger partial charge in [-0.15, -0.1) is 6.42 Å². The van der Waals surface area contributed by atoms with E-state index in [1.807, 2.05) is 0 Å². The van der Waals surface area contributed by atoms with Gasteiger partial charge in [0, 0.05) is 26.1 Å². The summed E-state index contributed by atoms with van der Waals surface area (Å²) in [5.41, 5.74) is 0. The highest BCUT2D eigenvalue weighted by molar-refractivity contribution is 7.91. The van der Waals surface area contributed by atoms with E-state index in [-0.39, 0.29) is 36.4 Å². The number of nitrogens with zero attached hydrogens (tertiary/aromatic N) is 1. The second kappa shape index (κ2) is 5.32. The van der Waals surface area contributed by atoms with Crippen molar-refractivity contribution in [2.75, 3.05) is 31.6 Å². The third-order valence-corrected chi connectivity index (χ3v) is 4.21. The zero-order valence-corrected chi connectivity index (χ0v) is 10.1. The molecule has 0 bridgehead atoms. The SMILES string of the molecule is C#CCN(C)C(=O)CC1CS(=O)(=O)CCN1. The molecule has 0 saturated carbocycles. The minimum absolute atomic E-state index is 0.0304. The van der Waals surface area contributed by atoms with E-state index in [4.69, 9.17) is 6.42 Å². The Morgan fingerprint density at radius 3 is 2.88 bits per heavy atom. The molecule has 1 N–H and O–H groups in total. The Hall–Kier alpha value is -1.06. The second-order valence-corrected chi connectivity index (χ2v) is 6.15. The van der Waals surface area contributed by atoms with E-state index in [1.54, 1.807) is 7.05 Å². The average molecular weight is 244 g/mol. The van der Waals surface area contributed by atoms with Gasteiger partial charge < -0.3 is 10.2 Å². The number of amides is 1. The summed E-state index contributed by atoms with van der Waals surface area (Å²) in [6.45, 7) is 0.664. The number of sulfone groups is 1. The van der Waals surface area contributed by atoms with Gasteiger partial charge in [-0.1, -0.05) is 5.92 Å². The van der Waals surface area contributed by atoms with Crippen LogP contribution in [0.3, 0.4) is 0 Å². The topological polar surface area (TPSA) is 66.5 Å². The predicted molar refractivity (Wildman–Crippen MR) is 61.5 cm³/mol. The molecule has 1 fully saturated rings. The van der Waals surface area contributed by atoms with Crippen LogP contribution in [-0.4, -0.2) is 56.9 Å². The van der Waals surface area contributed by atoms with Crippen molar-refractivity contribution in [1.82, 2.24) is 10.2 Å². The molecule has 0 aromatic rings. The summed E-state index contributed by atoms with van der Waals surface area (Å²) in [6, 6.07) is -0.286. The van der Waals surface area contributed by atoms with Gasteiger partial charge in [-0.05, 0) is 0 Å². The maximum absolute atomic E-state index is 11.6. The standard InChI is InChI=1S/C10H16N2O3S/c1-3-5-12(2)10(13)7-9-8-16(14,15)6-4-11-9/h1,9,11H,4-8H2,2H3. The zero-order valence-electron chi connectivity index (χ0n) is 9.27. The van der Waals surface area contributed by atoms with Crippen molar-refractivity contribution in [1.29, 1.82) is 0 Å². The first-order valence-electron chi connectivity index (χ1n) is 5.06. The lowest BCUT2D eigenvalue weighted by Crippen LogP contribution is -2.47. The average Bonchev–Trinajstić information content (AvgIpc) is 2.16. The number of rotatable bonds is 3. The Balaban J connectivity index is 2.49. The fourth-order valence-electron chi connectivity index (χ4n) is 1.59. The van der Waals surface area contributed by atoms with Crippen molar-refractivity contribution in [2.45, 2.75) is 12.5 Å². The molecule has 0 spiro atoms. The van der Waals surface area contributed by atoms with E-state index in [1.165, 1.54) is 4.90 Å². The molecule has 1 atom stereocenters. The van der Waals surface area contributed by atoms with Gasteiger partial charge >= 0.3 is 0 Å².